The average molecular weight is 407 g/mol. The maximum atomic E-state index is 6.47. The molecule has 146 valence electrons. The number of hydrogen-bond donors (Lipinski definition) is 0. The van der Waals surface area contributed by atoms with E-state index >= 15 is 0 Å². The summed E-state index contributed by atoms with van der Waals surface area (Å²) < 4.78 is 11.7. The third-order valence-corrected chi connectivity index (χ3v) is 5.63. The van der Waals surface area contributed by atoms with Gasteiger partial charge in [-0.1, -0.05) is 56.1 Å². The highest BCUT2D eigenvalue weighted by Gasteiger charge is 2.23. The summed E-state index contributed by atoms with van der Waals surface area (Å²) in [5.74, 6) is 2.50. The Labute approximate surface area is 172 Å². The number of hydrogen-bond acceptors (Lipinski definition) is 2. The Morgan fingerprint density at radius 3 is 2.19 bits per heavy atom. The van der Waals surface area contributed by atoms with Crippen LogP contribution in [-0.4, -0.2) is 12.7 Å². The lowest BCUT2D eigenvalue weighted by molar-refractivity contribution is 0.301. The number of benzene rings is 2. The van der Waals surface area contributed by atoms with Crippen LogP contribution >= 0.6 is 23.2 Å². The summed E-state index contributed by atoms with van der Waals surface area (Å²) in [6.07, 6.45) is 4.67. The maximum absolute atomic E-state index is 6.47. The van der Waals surface area contributed by atoms with Crippen LogP contribution in [0.15, 0.2) is 36.4 Å². The van der Waals surface area contributed by atoms with E-state index in [9.17, 15) is 0 Å². The molecule has 2 nitrogen and oxygen atoms in total. The monoisotopic (exact) mass is 406 g/mol. The van der Waals surface area contributed by atoms with Gasteiger partial charge in [0, 0.05) is 10.0 Å². The highest BCUT2D eigenvalue weighted by Crippen LogP contribution is 2.34. The van der Waals surface area contributed by atoms with E-state index in [0.717, 1.165) is 52.8 Å². The Hall–Kier alpha value is -1.38. The highest BCUT2D eigenvalue weighted by atomic mass is 35.5. The topological polar surface area (TPSA) is 18.5 Å². The van der Waals surface area contributed by atoms with Crippen molar-refractivity contribution >= 4 is 23.2 Å². The molecule has 0 saturated heterocycles. The van der Waals surface area contributed by atoms with Gasteiger partial charge in [0.25, 0.3) is 0 Å². The van der Waals surface area contributed by atoms with Gasteiger partial charge >= 0.3 is 0 Å². The summed E-state index contributed by atoms with van der Waals surface area (Å²) in [4.78, 5) is 0. The first-order valence-corrected chi connectivity index (χ1v) is 10.6. The lowest BCUT2D eigenvalue weighted by atomic mass is 9.96. The smallest absolute Gasteiger partial charge is 0.121 e. The number of rotatable bonds is 9. The van der Waals surface area contributed by atoms with Crippen LogP contribution in [0.5, 0.6) is 11.5 Å². The van der Waals surface area contributed by atoms with E-state index < -0.39 is 0 Å². The van der Waals surface area contributed by atoms with Gasteiger partial charge in [0.2, 0.25) is 0 Å². The normalized spacial score (nSPS) is 15.0. The van der Waals surface area contributed by atoms with Gasteiger partial charge in [-0.25, -0.2) is 0 Å². The molecule has 0 radical (unpaired) electrons. The van der Waals surface area contributed by atoms with Crippen LogP contribution < -0.4 is 9.47 Å². The molecule has 4 heteroatoms. The standard InChI is InChI=1S/C23H28Cl2O2/c1-15(2)20-10-8-18(13-22(20)24)26-12-4-5-16(3)21-11-9-19(14-23(21)25)27-17-6-7-17/h8-11,13-17H,4-7,12H2,1-3H3. The van der Waals surface area contributed by atoms with Crippen molar-refractivity contribution in [2.75, 3.05) is 6.61 Å². The molecule has 1 fully saturated rings. The predicted molar refractivity (Wildman–Crippen MR) is 114 cm³/mol. The molecule has 3 rings (SSSR count). The molecule has 1 aliphatic carbocycles. The summed E-state index contributed by atoms with van der Waals surface area (Å²) in [5.41, 5.74) is 2.32. The second-order valence-corrected chi connectivity index (χ2v) is 8.54. The van der Waals surface area contributed by atoms with Gasteiger partial charge in [0.15, 0.2) is 0 Å². The van der Waals surface area contributed by atoms with Gasteiger partial charge in [0.05, 0.1) is 12.7 Å². The molecular formula is C23H28Cl2O2. The number of halogens is 2. The quantitative estimate of drug-likeness (QED) is 0.398. The second kappa shape index (κ2) is 9.21. The van der Waals surface area contributed by atoms with Gasteiger partial charge in [-0.15, -0.1) is 0 Å². The molecule has 2 aromatic rings. The summed E-state index contributed by atoms with van der Waals surface area (Å²) >= 11 is 12.8. The molecule has 1 aliphatic rings. The molecule has 0 bridgehead atoms. The highest BCUT2D eigenvalue weighted by molar-refractivity contribution is 6.31. The first-order chi connectivity index (χ1) is 12.9. The van der Waals surface area contributed by atoms with E-state index in [2.05, 4.69) is 32.9 Å². The first kappa shape index (κ1) is 20.4. The predicted octanol–water partition coefficient (Wildman–Crippen LogP) is 7.62. The average Bonchev–Trinajstić information content (AvgIpc) is 3.42. The van der Waals surface area contributed by atoms with Crippen molar-refractivity contribution in [2.24, 2.45) is 0 Å². The minimum atomic E-state index is 0.378. The Kier molecular flexibility index (Phi) is 6.94. The van der Waals surface area contributed by atoms with E-state index in [1.165, 1.54) is 5.56 Å². The van der Waals surface area contributed by atoms with Crippen molar-refractivity contribution in [3.8, 4) is 11.5 Å². The van der Waals surface area contributed by atoms with E-state index in [1.807, 2.05) is 24.3 Å². The zero-order chi connectivity index (χ0) is 19.4. The Morgan fingerprint density at radius 1 is 0.926 bits per heavy atom. The Morgan fingerprint density at radius 2 is 1.56 bits per heavy atom. The zero-order valence-corrected chi connectivity index (χ0v) is 17.8. The van der Waals surface area contributed by atoms with Crippen molar-refractivity contribution in [3.05, 3.63) is 57.6 Å². The molecule has 1 saturated carbocycles. The van der Waals surface area contributed by atoms with Crippen molar-refractivity contribution < 1.29 is 9.47 Å². The Bertz CT molecular complexity index is 769. The minimum absolute atomic E-state index is 0.378. The molecule has 1 atom stereocenters. The van der Waals surface area contributed by atoms with Gasteiger partial charge in [-0.05, 0) is 72.9 Å². The second-order valence-electron chi connectivity index (χ2n) is 7.73. The summed E-state index contributed by atoms with van der Waals surface area (Å²) in [5, 5.41) is 1.56. The van der Waals surface area contributed by atoms with Crippen LogP contribution in [-0.2, 0) is 0 Å². The van der Waals surface area contributed by atoms with Crippen LogP contribution in [0.25, 0.3) is 0 Å². The molecular weight excluding hydrogens is 379 g/mol. The van der Waals surface area contributed by atoms with Crippen LogP contribution in [0.2, 0.25) is 10.0 Å². The number of ether oxygens (including phenoxy) is 2. The molecule has 27 heavy (non-hydrogen) atoms. The Balaban J connectivity index is 1.46. The maximum Gasteiger partial charge on any atom is 0.121 e. The fourth-order valence-corrected chi connectivity index (χ4v) is 3.91. The van der Waals surface area contributed by atoms with E-state index in [-0.39, 0.29) is 0 Å². The van der Waals surface area contributed by atoms with Crippen molar-refractivity contribution in [1.29, 1.82) is 0 Å². The van der Waals surface area contributed by atoms with Crippen LogP contribution in [0.1, 0.15) is 69.4 Å². The molecule has 1 unspecified atom stereocenters. The molecule has 0 aliphatic heterocycles. The zero-order valence-electron chi connectivity index (χ0n) is 16.3. The fraction of sp³-hybridized carbons (Fsp3) is 0.478. The van der Waals surface area contributed by atoms with E-state index in [4.69, 9.17) is 32.7 Å². The molecule has 0 aromatic heterocycles. The van der Waals surface area contributed by atoms with Crippen molar-refractivity contribution in [3.63, 3.8) is 0 Å². The molecule has 2 aromatic carbocycles. The SMILES string of the molecule is CC(C)c1ccc(OCCCC(C)c2ccc(OC3CC3)cc2Cl)cc1Cl. The largest absolute Gasteiger partial charge is 0.494 e. The lowest BCUT2D eigenvalue weighted by Crippen LogP contribution is -2.02. The summed E-state index contributed by atoms with van der Waals surface area (Å²) in [6.45, 7) is 7.15. The third-order valence-electron chi connectivity index (χ3n) is 4.97. The van der Waals surface area contributed by atoms with Crippen molar-refractivity contribution in [1.82, 2.24) is 0 Å². The molecule has 0 amide bonds. The van der Waals surface area contributed by atoms with Crippen molar-refractivity contribution in [2.45, 2.75) is 64.4 Å². The summed E-state index contributed by atoms with van der Waals surface area (Å²) in [6, 6.07) is 12.0. The minimum Gasteiger partial charge on any atom is -0.494 e. The van der Waals surface area contributed by atoms with Crippen LogP contribution in [0.4, 0.5) is 0 Å². The van der Waals surface area contributed by atoms with Crippen LogP contribution in [0.3, 0.4) is 0 Å². The molecule has 0 N–H and O–H groups in total. The van der Waals surface area contributed by atoms with Gasteiger partial charge in [0.1, 0.15) is 11.5 Å². The summed E-state index contributed by atoms with van der Waals surface area (Å²) in [7, 11) is 0. The molecule has 0 heterocycles. The van der Waals surface area contributed by atoms with E-state index in [1.54, 1.807) is 0 Å². The van der Waals surface area contributed by atoms with E-state index in [0.29, 0.717) is 24.5 Å². The van der Waals surface area contributed by atoms with Gasteiger partial charge in [-0.2, -0.15) is 0 Å². The lowest BCUT2D eigenvalue weighted by Gasteiger charge is -2.16. The third kappa shape index (κ3) is 5.80. The van der Waals surface area contributed by atoms with Gasteiger partial charge < -0.3 is 9.47 Å². The van der Waals surface area contributed by atoms with Gasteiger partial charge in [-0.3, -0.25) is 0 Å². The fourth-order valence-electron chi connectivity index (χ4n) is 3.16. The molecule has 0 spiro atoms. The van der Waals surface area contributed by atoms with Crippen LogP contribution in [0, 0.1) is 0 Å². The first-order valence-electron chi connectivity index (χ1n) is 9.82.